The van der Waals surface area contributed by atoms with Crippen LogP contribution in [0.1, 0.15) is 24.0 Å². The average molecular weight is 347 g/mol. The van der Waals surface area contributed by atoms with Gasteiger partial charge < -0.3 is 10.4 Å². The lowest BCUT2D eigenvalue weighted by Crippen LogP contribution is -2.41. The quantitative estimate of drug-likeness (QED) is 0.720. The van der Waals surface area contributed by atoms with Crippen LogP contribution in [0.4, 0.5) is 5.82 Å². The maximum absolute atomic E-state index is 13.2. The molecule has 26 heavy (non-hydrogen) atoms. The molecular formula is C21H21N3O2. The van der Waals surface area contributed by atoms with Gasteiger partial charge in [0.2, 0.25) is 0 Å². The van der Waals surface area contributed by atoms with Gasteiger partial charge in [-0.25, -0.2) is 4.68 Å². The van der Waals surface area contributed by atoms with Gasteiger partial charge in [0, 0.05) is 12.6 Å². The molecule has 5 heteroatoms. The molecule has 1 fully saturated rings. The first-order valence-electron chi connectivity index (χ1n) is 8.84. The molecule has 0 radical (unpaired) electrons. The molecule has 0 atom stereocenters. The van der Waals surface area contributed by atoms with Gasteiger partial charge in [0.05, 0.1) is 6.20 Å². The van der Waals surface area contributed by atoms with Gasteiger partial charge in [-0.2, -0.15) is 5.10 Å². The molecule has 1 aliphatic carbocycles. The van der Waals surface area contributed by atoms with E-state index in [1.807, 2.05) is 36.4 Å². The molecule has 0 aliphatic heterocycles. The minimum absolute atomic E-state index is 0.493. The maximum atomic E-state index is 13.2. The molecule has 1 saturated carbocycles. The Morgan fingerprint density at radius 2 is 1.62 bits per heavy atom. The number of carbonyl (C=O) groups is 1. The lowest BCUT2D eigenvalue weighted by Gasteiger charge is -2.28. The second kappa shape index (κ2) is 6.77. The SMILES string of the molecule is O=C(Nc1ccnn1CC1CC1)C(O)(c1ccccc1)c1ccccc1. The van der Waals surface area contributed by atoms with Crippen molar-refractivity contribution < 1.29 is 9.90 Å². The van der Waals surface area contributed by atoms with E-state index in [2.05, 4.69) is 10.4 Å². The first kappa shape index (κ1) is 16.5. The second-order valence-electron chi connectivity index (χ2n) is 6.74. The monoisotopic (exact) mass is 347 g/mol. The number of anilines is 1. The number of nitrogens with zero attached hydrogens (tertiary/aromatic N) is 2. The summed E-state index contributed by atoms with van der Waals surface area (Å²) in [5.41, 5.74) is -0.731. The molecule has 1 aromatic heterocycles. The number of amides is 1. The molecule has 2 N–H and O–H groups in total. The van der Waals surface area contributed by atoms with E-state index in [0.29, 0.717) is 22.9 Å². The van der Waals surface area contributed by atoms with E-state index in [4.69, 9.17) is 0 Å². The smallest absolute Gasteiger partial charge is 0.266 e. The van der Waals surface area contributed by atoms with Crippen LogP contribution in [0.15, 0.2) is 72.9 Å². The molecule has 3 aromatic rings. The Morgan fingerprint density at radius 3 is 2.15 bits per heavy atom. The fraction of sp³-hybridized carbons (Fsp3) is 0.238. The van der Waals surface area contributed by atoms with E-state index in [1.54, 1.807) is 41.2 Å². The summed E-state index contributed by atoms with van der Waals surface area (Å²) in [6.07, 6.45) is 4.07. The Morgan fingerprint density at radius 1 is 1.04 bits per heavy atom. The zero-order valence-corrected chi connectivity index (χ0v) is 14.4. The third kappa shape index (κ3) is 3.13. The lowest BCUT2D eigenvalue weighted by molar-refractivity contribution is -0.131. The van der Waals surface area contributed by atoms with E-state index in [1.165, 1.54) is 12.8 Å². The van der Waals surface area contributed by atoms with Crippen LogP contribution in [0, 0.1) is 5.92 Å². The topological polar surface area (TPSA) is 67.2 Å². The van der Waals surface area contributed by atoms with Crippen molar-refractivity contribution in [1.82, 2.24) is 9.78 Å². The van der Waals surface area contributed by atoms with Gasteiger partial charge in [-0.15, -0.1) is 0 Å². The normalized spacial score (nSPS) is 14.2. The van der Waals surface area contributed by atoms with Crippen LogP contribution in [0.2, 0.25) is 0 Å². The third-order valence-corrected chi connectivity index (χ3v) is 4.80. The van der Waals surface area contributed by atoms with Gasteiger partial charge in [0.15, 0.2) is 5.60 Å². The van der Waals surface area contributed by atoms with E-state index in [-0.39, 0.29) is 0 Å². The minimum Gasteiger partial charge on any atom is -0.372 e. The number of hydrogen-bond acceptors (Lipinski definition) is 3. The zero-order valence-electron chi connectivity index (χ0n) is 14.4. The highest BCUT2D eigenvalue weighted by atomic mass is 16.3. The first-order valence-corrected chi connectivity index (χ1v) is 8.84. The van der Waals surface area contributed by atoms with Gasteiger partial charge in [-0.05, 0) is 29.9 Å². The van der Waals surface area contributed by atoms with Crippen molar-refractivity contribution in [3.05, 3.63) is 84.1 Å². The minimum atomic E-state index is -1.78. The predicted molar refractivity (Wildman–Crippen MR) is 99.5 cm³/mol. The summed E-state index contributed by atoms with van der Waals surface area (Å²) < 4.78 is 1.80. The second-order valence-corrected chi connectivity index (χ2v) is 6.74. The molecule has 4 rings (SSSR count). The molecule has 132 valence electrons. The lowest BCUT2D eigenvalue weighted by atomic mass is 9.85. The van der Waals surface area contributed by atoms with Crippen LogP contribution in [0.3, 0.4) is 0 Å². The summed E-state index contributed by atoms with van der Waals surface area (Å²) in [6, 6.07) is 19.8. The summed E-state index contributed by atoms with van der Waals surface area (Å²) in [5, 5.41) is 18.6. The number of nitrogens with one attached hydrogen (secondary N) is 1. The van der Waals surface area contributed by atoms with E-state index in [0.717, 1.165) is 6.54 Å². The molecule has 1 amide bonds. The van der Waals surface area contributed by atoms with Gasteiger partial charge in [0.25, 0.3) is 5.91 Å². The van der Waals surface area contributed by atoms with Crippen LogP contribution in [0.25, 0.3) is 0 Å². The molecule has 2 aromatic carbocycles. The number of rotatable bonds is 6. The fourth-order valence-electron chi connectivity index (χ4n) is 3.12. The summed E-state index contributed by atoms with van der Waals surface area (Å²) in [4.78, 5) is 13.2. The number of hydrogen-bond donors (Lipinski definition) is 2. The maximum Gasteiger partial charge on any atom is 0.266 e. The summed E-state index contributed by atoms with van der Waals surface area (Å²) in [6.45, 7) is 0.789. The molecule has 0 spiro atoms. The van der Waals surface area contributed by atoms with Crippen molar-refractivity contribution in [3.8, 4) is 0 Å². The van der Waals surface area contributed by atoms with Gasteiger partial charge >= 0.3 is 0 Å². The van der Waals surface area contributed by atoms with Crippen LogP contribution in [0.5, 0.6) is 0 Å². The van der Waals surface area contributed by atoms with Crippen molar-refractivity contribution in [2.45, 2.75) is 25.0 Å². The summed E-state index contributed by atoms with van der Waals surface area (Å²) in [5.74, 6) is 0.743. The number of benzene rings is 2. The number of aromatic nitrogens is 2. The van der Waals surface area contributed by atoms with Gasteiger partial charge in [-0.3, -0.25) is 4.79 Å². The molecule has 1 aliphatic rings. The van der Waals surface area contributed by atoms with Crippen LogP contribution < -0.4 is 5.32 Å². The highest BCUT2D eigenvalue weighted by molar-refractivity contribution is 5.99. The van der Waals surface area contributed by atoms with Crippen molar-refractivity contribution in [1.29, 1.82) is 0 Å². The fourth-order valence-corrected chi connectivity index (χ4v) is 3.12. The van der Waals surface area contributed by atoms with Gasteiger partial charge in [-0.1, -0.05) is 60.7 Å². The van der Waals surface area contributed by atoms with Crippen molar-refractivity contribution in [2.75, 3.05) is 5.32 Å². The Kier molecular flexibility index (Phi) is 4.31. The Balaban J connectivity index is 1.68. The molecule has 5 nitrogen and oxygen atoms in total. The highest BCUT2D eigenvalue weighted by Gasteiger charge is 2.40. The van der Waals surface area contributed by atoms with E-state index >= 15 is 0 Å². The Hall–Kier alpha value is -2.92. The molecule has 0 bridgehead atoms. The van der Waals surface area contributed by atoms with Gasteiger partial charge in [0.1, 0.15) is 5.82 Å². The predicted octanol–water partition coefficient (Wildman–Crippen LogP) is 3.17. The highest BCUT2D eigenvalue weighted by Crippen LogP contribution is 2.33. The molecule has 0 unspecified atom stereocenters. The third-order valence-electron chi connectivity index (χ3n) is 4.80. The number of carbonyl (C=O) groups excluding carboxylic acids is 1. The molecule has 0 saturated heterocycles. The Bertz CT molecular complexity index is 846. The summed E-state index contributed by atoms with van der Waals surface area (Å²) in [7, 11) is 0. The van der Waals surface area contributed by atoms with Crippen molar-refractivity contribution >= 4 is 11.7 Å². The van der Waals surface area contributed by atoms with Crippen LogP contribution in [-0.2, 0) is 16.9 Å². The molecule has 1 heterocycles. The largest absolute Gasteiger partial charge is 0.372 e. The first-order chi connectivity index (χ1) is 12.7. The van der Waals surface area contributed by atoms with Crippen LogP contribution in [-0.4, -0.2) is 20.8 Å². The Labute approximate surface area is 152 Å². The zero-order chi connectivity index (χ0) is 18.0. The van der Waals surface area contributed by atoms with Crippen molar-refractivity contribution in [3.63, 3.8) is 0 Å². The van der Waals surface area contributed by atoms with E-state index < -0.39 is 11.5 Å². The average Bonchev–Trinajstić information content (AvgIpc) is 3.41. The summed E-state index contributed by atoms with van der Waals surface area (Å²) >= 11 is 0. The van der Waals surface area contributed by atoms with Crippen LogP contribution >= 0.6 is 0 Å². The molecular weight excluding hydrogens is 326 g/mol. The van der Waals surface area contributed by atoms with Crippen molar-refractivity contribution in [2.24, 2.45) is 5.92 Å². The number of aliphatic hydroxyl groups is 1. The standard InChI is InChI=1S/C21H21N3O2/c25-20(23-19-13-14-22-24(19)15-16-11-12-16)21(26,17-7-3-1-4-8-17)18-9-5-2-6-10-18/h1-10,13-14,16,26H,11-12,15H2,(H,23,25). The van der Waals surface area contributed by atoms with E-state index in [9.17, 15) is 9.90 Å².